The second-order valence-electron chi connectivity index (χ2n) is 7.49. The molecule has 0 aliphatic heterocycles. The second kappa shape index (κ2) is 10.4. The van der Waals surface area contributed by atoms with E-state index in [4.69, 9.17) is 16.9 Å². The Morgan fingerprint density at radius 2 is 1.74 bits per heavy atom. The maximum Gasteiger partial charge on any atom is 0.257 e. The summed E-state index contributed by atoms with van der Waals surface area (Å²) >= 11 is 5.90. The molecular formula is C24H22Cl2N4O. The highest BCUT2D eigenvalue weighted by Gasteiger charge is 2.29. The van der Waals surface area contributed by atoms with Crippen LogP contribution >= 0.6 is 24.0 Å². The van der Waals surface area contributed by atoms with Crippen molar-refractivity contribution in [3.05, 3.63) is 94.3 Å². The van der Waals surface area contributed by atoms with E-state index < -0.39 is 0 Å². The van der Waals surface area contributed by atoms with Crippen LogP contribution in [0.4, 0.5) is 5.69 Å². The zero-order valence-electron chi connectivity index (χ0n) is 16.8. The van der Waals surface area contributed by atoms with Crippen LogP contribution in [0.1, 0.15) is 39.9 Å². The van der Waals surface area contributed by atoms with Crippen LogP contribution in [0.5, 0.6) is 0 Å². The molecule has 7 heteroatoms. The predicted octanol–water partition coefficient (Wildman–Crippen LogP) is 5.45. The first-order valence-electron chi connectivity index (χ1n) is 9.84. The van der Waals surface area contributed by atoms with Gasteiger partial charge in [0, 0.05) is 42.2 Å². The van der Waals surface area contributed by atoms with Crippen molar-refractivity contribution in [1.29, 1.82) is 5.26 Å². The lowest BCUT2D eigenvalue weighted by atomic mass is 10.1. The summed E-state index contributed by atoms with van der Waals surface area (Å²) in [6, 6.07) is 19.3. The normalized spacial score (nSPS) is 12.7. The van der Waals surface area contributed by atoms with Crippen LogP contribution in [0.3, 0.4) is 0 Å². The number of hydrogen-bond donors (Lipinski definition) is 1. The molecule has 1 saturated carbocycles. The first kappa shape index (κ1) is 22.8. The number of amides is 1. The second-order valence-corrected chi connectivity index (χ2v) is 7.92. The highest BCUT2D eigenvalue weighted by molar-refractivity contribution is 6.30. The molecule has 2 aromatic carbocycles. The van der Waals surface area contributed by atoms with Crippen LogP contribution in [-0.4, -0.2) is 21.8 Å². The summed E-state index contributed by atoms with van der Waals surface area (Å²) < 4.78 is 0. The average molecular weight is 453 g/mol. The predicted molar refractivity (Wildman–Crippen MR) is 124 cm³/mol. The molecule has 0 saturated heterocycles. The van der Waals surface area contributed by atoms with Gasteiger partial charge < -0.3 is 5.32 Å². The van der Waals surface area contributed by atoms with Gasteiger partial charge in [-0.15, -0.1) is 12.4 Å². The van der Waals surface area contributed by atoms with E-state index in [1.807, 2.05) is 36.5 Å². The Labute approximate surface area is 193 Å². The molecule has 1 fully saturated rings. The van der Waals surface area contributed by atoms with Gasteiger partial charge in [-0.1, -0.05) is 23.7 Å². The minimum atomic E-state index is -0.197. The Bertz CT molecular complexity index is 1070. The van der Waals surface area contributed by atoms with Crippen LogP contribution in [0.15, 0.2) is 67.0 Å². The highest BCUT2D eigenvalue weighted by atomic mass is 35.5. The van der Waals surface area contributed by atoms with Crippen molar-refractivity contribution in [3.8, 4) is 6.07 Å². The molecule has 1 amide bonds. The van der Waals surface area contributed by atoms with E-state index in [1.54, 1.807) is 30.5 Å². The summed E-state index contributed by atoms with van der Waals surface area (Å²) in [5.41, 5.74) is 4.05. The average Bonchev–Trinajstić information content (AvgIpc) is 3.61. The van der Waals surface area contributed by atoms with Gasteiger partial charge in [-0.25, -0.2) is 0 Å². The van der Waals surface area contributed by atoms with Gasteiger partial charge in [0.05, 0.1) is 17.2 Å². The Morgan fingerprint density at radius 1 is 1.06 bits per heavy atom. The number of nitrogens with zero attached hydrogens (tertiary/aromatic N) is 3. The van der Waals surface area contributed by atoms with E-state index >= 15 is 0 Å². The summed E-state index contributed by atoms with van der Waals surface area (Å²) in [5, 5.41) is 12.5. The van der Waals surface area contributed by atoms with Gasteiger partial charge in [-0.05, 0) is 66.4 Å². The number of benzene rings is 2. The molecule has 1 N–H and O–H groups in total. The van der Waals surface area contributed by atoms with Crippen molar-refractivity contribution in [1.82, 2.24) is 9.88 Å². The number of aromatic nitrogens is 1. The maximum atomic E-state index is 12.6. The van der Waals surface area contributed by atoms with Crippen LogP contribution in [0.25, 0.3) is 0 Å². The summed E-state index contributed by atoms with van der Waals surface area (Å²) in [7, 11) is 0. The standard InChI is InChI=1S/C24H21ClN4O.ClH/c25-21-5-7-22(8-6-21)28-24(30)20-11-19(13-27-14-20)16-29(23-9-10-23)15-18-3-1-17(12-26)2-4-18;/h1-8,11,13-14,23H,9-10,15-16H2,(H,28,30);1H. The number of anilines is 1. The minimum Gasteiger partial charge on any atom is -0.322 e. The lowest BCUT2D eigenvalue weighted by molar-refractivity contribution is 0.102. The van der Waals surface area contributed by atoms with Gasteiger partial charge in [0.2, 0.25) is 0 Å². The van der Waals surface area contributed by atoms with E-state index in [0.717, 1.165) is 18.7 Å². The molecular weight excluding hydrogens is 431 g/mol. The van der Waals surface area contributed by atoms with E-state index in [2.05, 4.69) is 21.3 Å². The number of hydrogen-bond acceptors (Lipinski definition) is 4. The van der Waals surface area contributed by atoms with Crippen molar-refractivity contribution in [2.24, 2.45) is 0 Å². The topological polar surface area (TPSA) is 69.0 Å². The fourth-order valence-corrected chi connectivity index (χ4v) is 3.47. The van der Waals surface area contributed by atoms with E-state index in [0.29, 0.717) is 27.9 Å². The van der Waals surface area contributed by atoms with E-state index in [9.17, 15) is 4.79 Å². The number of rotatable bonds is 7. The number of carbonyl (C=O) groups is 1. The molecule has 0 unspecified atom stereocenters. The fourth-order valence-electron chi connectivity index (χ4n) is 3.34. The van der Waals surface area contributed by atoms with Crippen LogP contribution in [0.2, 0.25) is 5.02 Å². The van der Waals surface area contributed by atoms with Gasteiger partial charge >= 0.3 is 0 Å². The zero-order valence-corrected chi connectivity index (χ0v) is 18.4. The van der Waals surface area contributed by atoms with Gasteiger partial charge in [-0.3, -0.25) is 14.7 Å². The summed E-state index contributed by atoms with van der Waals surface area (Å²) in [5.74, 6) is -0.197. The third-order valence-corrected chi connectivity index (χ3v) is 5.33. The van der Waals surface area contributed by atoms with Gasteiger partial charge in [0.15, 0.2) is 0 Å². The molecule has 1 heterocycles. The molecule has 4 rings (SSSR count). The van der Waals surface area contributed by atoms with Crippen molar-refractivity contribution in [2.45, 2.75) is 32.0 Å². The quantitative estimate of drug-likeness (QED) is 0.517. The monoisotopic (exact) mass is 452 g/mol. The molecule has 1 aliphatic carbocycles. The van der Waals surface area contributed by atoms with Gasteiger partial charge in [0.1, 0.15) is 0 Å². The highest BCUT2D eigenvalue weighted by Crippen LogP contribution is 2.30. The fraction of sp³-hybridized carbons (Fsp3) is 0.208. The molecule has 0 bridgehead atoms. The van der Waals surface area contributed by atoms with Crippen LogP contribution < -0.4 is 5.32 Å². The van der Waals surface area contributed by atoms with Gasteiger partial charge in [0.25, 0.3) is 5.91 Å². The molecule has 1 aliphatic rings. The first-order chi connectivity index (χ1) is 14.6. The Hall–Kier alpha value is -2.91. The number of carbonyl (C=O) groups excluding carboxylic acids is 1. The molecule has 158 valence electrons. The Balaban J connectivity index is 0.00000272. The van der Waals surface area contributed by atoms with Crippen molar-refractivity contribution >= 4 is 35.6 Å². The molecule has 1 aromatic heterocycles. The molecule has 0 spiro atoms. The van der Waals surface area contributed by atoms with Crippen molar-refractivity contribution in [3.63, 3.8) is 0 Å². The lowest BCUT2D eigenvalue weighted by Crippen LogP contribution is -2.25. The third-order valence-electron chi connectivity index (χ3n) is 5.08. The molecule has 31 heavy (non-hydrogen) atoms. The smallest absolute Gasteiger partial charge is 0.257 e. The van der Waals surface area contributed by atoms with Crippen molar-refractivity contribution < 1.29 is 4.79 Å². The molecule has 0 atom stereocenters. The van der Waals surface area contributed by atoms with E-state index in [1.165, 1.54) is 18.4 Å². The largest absolute Gasteiger partial charge is 0.322 e. The first-order valence-corrected chi connectivity index (χ1v) is 10.2. The lowest BCUT2D eigenvalue weighted by Gasteiger charge is -2.22. The minimum absolute atomic E-state index is 0. The summed E-state index contributed by atoms with van der Waals surface area (Å²) in [4.78, 5) is 19.3. The number of nitriles is 1. The van der Waals surface area contributed by atoms with Crippen LogP contribution in [-0.2, 0) is 13.1 Å². The third kappa shape index (κ3) is 6.28. The number of pyridine rings is 1. The van der Waals surface area contributed by atoms with Gasteiger partial charge in [-0.2, -0.15) is 5.26 Å². The Kier molecular flexibility index (Phi) is 7.64. The van der Waals surface area contributed by atoms with Crippen LogP contribution in [0, 0.1) is 11.3 Å². The number of nitrogens with one attached hydrogen (secondary N) is 1. The summed E-state index contributed by atoms with van der Waals surface area (Å²) in [6.07, 6.45) is 5.75. The summed E-state index contributed by atoms with van der Waals surface area (Å²) in [6.45, 7) is 1.53. The SMILES string of the molecule is Cl.N#Cc1ccc(CN(Cc2cncc(C(=O)Nc3ccc(Cl)cc3)c2)C2CC2)cc1. The van der Waals surface area contributed by atoms with Crippen molar-refractivity contribution in [2.75, 3.05) is 5.32 Å². The maximum absolute atomic E-state index is 12.6. The number of halogens is 2. The Morgan fingerprint density at radius 3 is 2.39 bits per heavy atom. The zero-order chi connectivity index (χ0) is 20.9. The molecule has 0 radical (unpaired) electrons. The van der Waals surface area contributed by atoms with E-state index in [-0.39, 0.29) is 18.3 Å². The molecule has 5 nitrogen and oxygen atoms in total. The molecule has 3 aromatic rings.